The fourth-order valence-corrected chi connectivity index (χ4v) is 1.84. The maximum Gasteiger partial charge on any atom is 0.0746 e. The summed E-state index contributed by atoms with van der Waals surface area (Å²) in [6.45, 7) is 5.36. The summed E-state index contributed by atoms with van der Waals surface area (Å²) < 4.78 is 0.959. The van der Waals surface area contributed by atoms with Crippen LogP contribution >= 0.6 is 15.9 Å². The van der Waals surface area contributed by atoms with Crippen molar-refractivity contribution in [1.82, 2.24) is 10.3 Å². The molecule has 0 bridgehead atoms. The zero-order valence-corrected chi connectivity index (χ0v) is 10.5. The molecule has 0 atom stereocenters. The molecule has 1 aromatic heterocycles. The fourth-order valence-electron chi connectivity index (χ4n) is 1.64. The third kappa shape index (κ3) is 2.68. The van der Waals surface area contributed by atoms with Gasteiger partial charge in [-0.1, -0.05) is 46.8 Å². The average Bonchev–Trinajstić information content (AvgIpc) is 2.29. The molecule has 0 saturated carbocycles. The van der Waals surface area contributed by atoms with Crippen molar-refractivity contribution in [1.29, 1.82) is 0 Å². The molecule has 0 amide bonds. The van der Waals surface area contributed by atoms with Gasteiger partial charge in [0.2, 0.25) is 0 Å². The summed E-state index contributed by atoms with van der Waals surface area (Å²) >= 11 is 3.33. The number of nitrogens with one attached hydrogen (secondary N) is 1. The van der Waals surface area contributed by atoms with Crippen molar-refractivity contribution in [2.24, 2.45) is 0 Å². The lowest BCUT2D eigenvalue weighted by Gasteiger charge is -2.06. The number of hydrogen-bond acceptors (Lipinski definition) is 2. The van der Waals surface area contributed by atoms with Gasteiger partial charge in [-0.3, -0.25) is 4.98 Å². The van der Waals surface area contributed by atoms with Gasteiger partial charge in [0.05, 0.1) is 5.52 Å². The van der Waals surface area contributed by atoms with Gasteiger partial charge in [-0.15, -0.1) is 0 Å². The monoisotopic (exact) mass is 276 g/mol. The molecule has 1 heterocycles. The van der Waals surface area contributed by atoms with E-state index in [-0.39, 0.29) is 0 Å². The first-order valence-electron chi connectivity index (χ1n) is 5.14. The van der Waals surface area contributed by atoms with Crippen LogP contribution in [0.1, 0.15) is 5.56 Å². The quantitative estimate of drug-likeness (QED) is 0.928. The third-order valence-electron chi connectivity index (χ3n) is 2.35. The summed E-state index contributed by atoms with van der Waals surface area (Å²) in [5.41, 5.74) is 2.28. The van der Waals surface area contributed by atoms with Crippen molar-refractivity contribution >= 4 is 26.8 Å². The highest BCUT2D eigenvalue weighted by atomic mass is 79.9. The number of nitrogens with zero attached hydrogens (tertiary/aromatic N) is 1. The second-order valence-electron chi connectivity index (χ2n) is 3.61. The number of pyridine rings is 1. The second kappa shape index (κ2) is 5.23. The zero-order valence-electron chi connectivity index (χ0n) is 8.91. The highest BCUT2D eigenvalue weighted by Crippen LogP contribution is 2.15. The Balaban J connectivity index is 2.20. The molecule has 3 heteroatoms. The minimum atomic E-state index is 0.767. The van der Waals surface area contributed by atoms with Gasteiger partial charge in [-0.05, 0) is 11.6 Å². The molecule has 16 heavy (non-hydrogen) atoms. The van der Waals surface area contributed by atoms with Gasteiger partial charge in [-0.25, -0.2) is 0 Å². The Morgan fingerprint density at radius 1 is 1.31 bits per heavy atom. The molecule has 0 spiro atoms. The maximum absolute atomic E-state index is 4.40. The van der Waals surface area contributed by atoms with E-state index >= 15 is 0 Å². The number of rotatable bonds is 4. The summed E-state index contributed by atoms with van der Waals surface area (Å²) in [4.78, 5) is 4.40. The van der Waals surface area contributed by atoms with Crippen LogP contribution in [0.3, 0.4) is 0 Å². The van der Waals surface area contributed by atoms with E-state index in [9.17, 15) is 0 Å². The van der Waals surface area contributed by atoms with Crippen molar-refractivity contribution < 1.29 is 0 Å². The average molecular weight is 277 g/mol. The van der Waals surface area contributed by atoms with Crippen LogP contribution in [-0.4, -0.2) is 11.5 Å². The van der Waals surface area contributed by atoms with Crippen molar-refractivity contribution in [3.63, 3.8) is 0 Å². The van der Waals surface area contributed by atoms with E-state index in [0.29, 0.717) is 0 Å². The molecule has 0 aliphatic heterocycles. The Morgan fingerprint density at radius 3 is 2.94 bits per heavy atom. The van der Waals surface area contributed by atoms with E-state index in [1.165, 1.54) is 10.9 Å². The minimum absolute atomic E-state index is 0.767. The van der Waals surface area contributed by atoms with Crippen LogP contribution in [0.2, 0.25) is 0 Å². The van der Waals surface area contributed by atoms with Crippen LogP contribution < -0.4 is 5.32 Å². The molecule has 0 saturated heterocycles. The van der Waals surface area contributed by atoms with Crippen molar-refractivity contribution in [2.45, 2.75) is 6.54 Å². The topological polar surface area (TPSA) is 24.9 Å². The second-order valence-corrected chi connectivity index (χ2v) is 4.73. The van der Waals surface area contributed by atoms with Gasteiger partial charge in [0.1, 0.15) is 0 Å². The van der Waals surface area contributed by atoms with Crippen molar-refractivity contribution in [3.8, 4) is 0 Å². The molecule has 0 fully saturated rings. The summed E-state index contributed by atoms with van der Waals surface area (Å²) in [6, 6.07) is 10.3. The molecule has 82 valence electrons. The van der Waals surface area contributed by atoms with E-state index in [1.54, 1.807) is 0 Å². The Morgan fingerprint density at radius 2 is 2.12 bits per heavy atom. The standard InChI is InChI=1S/C13H13BrN2/c1-10(14)8-15-9-12-5-2-4-11-6-3-7-16-13(11)12/h2-7,15H,1,8-9H2. The SMILES string of the molecule is C=C(Br)CNCc1cccc2cccnc12. The van der Waals surface area contributed by atoms with E-state index in [2.05, 4.69) is 57.1 Å². The van der Waals surface area contributed by atoms with Crippen LogP contribution in [0.4, 0.5) is 0 Å². The molecule has 0 radical (unpaired) electrons. The molecule has 0 unspecified atom stereocenters. The van der Waals surface area contributed by atoms with Gasteiger partial charge >= 0.3 is 0 Å². The van der Waals surface area contributed by atoms with Crippen LogP contribution in [0.15, 0.2) is 47.6 Å². The van der Waals surface area contributed by atoms with Gasteiger partial charge in [0.25, 0.3) is 0 Å². The number of halogens is 1. The Kier molecular flexibility index (Phi) is 3.70. The number of aromatic nitrogens is 1. The first-order chi connectivity index (χ1) is 7.77. The number of hydrogen-bond donors (Lipinski definition) is 1. The number of benzene rings is 1. The number of para-hydroxylation sites is 1. The van der Waals surface area contributed by atoms with Crippen molar-refractivity contribution in [3.05, 3.63) is 53.2 Å². The molecule has 0 aliphatic rings. The molecular weight excluding hydrogens is 264 g/mol. The molecule has 2 nitrogen and oxygen atoms in total. The predicted molar refractivity (Wildman–Crippen MR) is 71.5 cm³/mol. The number of fused-ring (bicyclic) bond motifs is 1. The van der Waals surface area contributed by atoms with Crippen LogP contribution in [0.25, 0.3) is 10.9 Å². The van der Waals surface area contributed by atoms with E-state index in [0.717, 1.165) is 23.1 Å². The maximum atomic E-state index is 4.40. The normalized spacial score (nSPS) is 10.6. The zero-order chi connectivity index (χ0) is 11.4. The van der Waals surface area contributed by atoms with E-state index in [4.69, 9.17) is 0 Å². The minimum Gasteiger partial charge on any atom is -0.308 e. The highest BCUT2D eigenvalue weighted by Gasteiger charge is 2.00. The molecule has 2 aromatic rings. The lowest BCUT2D eigenvalue weighted by atomic mass is 10.1. The lowest BCUT2D eigenvalue weighted by Crippen LogP contribution is -2.14. The van der Waals surface area contributed by atoms with Crippen LogP contribution in [0.5, 0.6) is 0 Å². The Labute approximate surface area is 104 Å². The molecule has 2 rings (SSSR count). The summed E-state index contributed by atoms with van der Waals surface area (Å²) in [5.74, 6) is 0. The van der Waals surface area contributed by atoms with Gasteiger partial charge in [-0.2, -0.15) is 0 Å². The largest absolute Gasteiger partial charge is 0.308 e. The highest BCUT2D eigenvalue weighted by molar-refractivity contribution is 9.11. The van der Waals surface area contributed by atoms with Gasteiger partial charge in [0.15, 0.2) is 0 Å². The summed E-state index contributed by atoms with van der Waals surface area (Å²) in [5, 5.41) is 4.49. The molecular formula is C13H13BrN2. The van der Waals surface area contributed by atoms with Gasteiger partial charge in [0, 0.05) is 29.2 Å². The third-order valence-corrected chi connectivity index (χ3v) is 2.63. The van der Waals surface area contributed by atoms with Crippen molar-refractivity contribution in [2.75, 3.05) is 6.54 Å². The molecule has 1 N–H and O–H groups in total. The summed E-state index contributed by atoms with van der Waals surface area (Å²) in [6.07, 6.45) is 1.83. The first-order valence-corrected chi connectivity index (χ1v) is 5.93. The van der Waals surface area contributed by atoms with E-state index in [1.807, 2.05) is 12.3 Å². The first kappa shape index (κ1) is 11.3. The molecule has 0 aliphatic carbocycles. The smallest absolute Gasteiger partial charge is 0.0746 e. The van der Waals surface area contributed by atoms with Crippen LogP contribution in [-0.2, 0) is 6.54 Å². The Hall–Kier alpha value is -1.19. The lowest BCUT2D eigenvalue weighted by molar-refractivity contribution is 0.760. The van der Waals surface area contributed by atoms with E-state index < -0.39 is 0 Å². The van der Waals surface area contributed by atoms with Crippen LogP contribution in [0, 0.1) is 0 Å². The van der Waals surface area contributed by atoms with Gasteiger partial charge < -0.3 is 5.32 Å². The Bertz CT molecular complexity index is 503. The molecule has 1 aromatic carbocycles. The summed E-state index contributed by atoms with van der Waals surface area (Å²) in [7, 11) is 0. The predicted octanol–water partition coefficient (Wildman–Crippen LogP) is 3.23. The fraction of sp³-hybridized carbons (Fsp3) is 0.154.